The molecule has 0 aromatic heterocycles. The zero-order valence-corrected chi connectivity index (χ0v) is 11.2. The van der Waals surface area contributed by atoms with Crippen LogP contribution in [0.1, 0.15) is 0 Å². The van der Waals surface area contributed by atoms with E-state index in [0.717, 1.165) is 4.31 Å². The highest BCUT2D eigenvalue weighted by Crippen LogP contribution is 2.26. The van der Waals surface area contributed by atoms with Gasteiger partial charge in [0.2, 0.25) is 10.0 Å². The van der Waals surface area contributed by atoms with Crippen LogP contribution in [-0.4, -0.2) is 49.2 Å². The summed E-state index contributed by atoms with van der Waals surface area (Å²) in [5.41, 5.74) is 5.80. The molecule has 1 aromatic rings. The minimum Gasteiger partial charge on any atom is -0.399 e. The maximum Gasteiger partial charge on any atom is 0.244 e. The number of aliphatic hydroxyl groups excluding tert-OH is 2. The number of sulfonamides is 1. The second-order valence-corrected chi connectivity index (χ2v) is 5.85. The first-order valence-corrected chi connectivity index (χ1v) is 7.02. The lowest BCUT2D eigenvalue weighted by Gasteiger charge is -2.21. The summed E-state index contributed by atoms with van der Waals surface area (Å²) in [5.74, 6) is 0. The van der Waals surface area contributed by atoms with Crippen molar-refractivity contribution in [2.45, 2.75) is 4.90 Å². The molecule has 0 atom stereocenters. The van der Waals surface area contributed by atoms with Crippen LogP contribution in [0, 0.1) is 0 Å². The van der Waals surface area contributed by atoms with E-state index in [1.54, 1.807) is 0 Å². The lowest BCUT2D eigenvalue weighted by Crippen LogP contribution is -2.36. The first-order chi connectivity index (χ1) is 8.43. The predicted molar refractivity (Wildman–Crippen MR) is 68.8 cm³/mol. The van der Waals surface area contributed by atoms with Crippen molar-refractivity contribution >= 4 is 27.3 Å². The van der Waals surface area contributed by atoms with Crippen LogP contribution >= 0.6 is 11.6 Å². The summed E-state index contributed by atoms with van der Waals surface area (Å²) < 4.78 is 25.4. The van der Waals surface area contributed by atoms with Gasteiger partial charge in [-0.3, -0.25) is 0 Å². The van der Waals surface area contributed by atoms with Crippen LogP contribution in [0.2, 0.25) is 5.02 Å². The average Bonchev–Trinajstić information content (AvgIpc) is 2.32. The Kier molecular flexibility index (Phi) is 5.36. The highest BCUT2D eigenvalue weighted by atomic mass is 35.5. The molecule has 0 aliphatic heterocycles. The molecule has 4 N–H and O–H groups in total. The highest BCUT2D eigenvalue weighted by molar-refractivity contribution is 7.89. The van der Waals surface area contributed by atoms with Crippen molar-refractivity contribution < 1.29 is 18.6 Å². The van der Waals surface area contributed by atoms with Gasteiger partial charge in [0.15, 0.2) is 0 Å². The fraction of sp³-hybridized carbons (Fsp3) is 0.400. The molecule has 0 saturated carbocycles. The Balaban J connectivity index is 3.21. The Morgan fingerprint density at radius 2 is 1.78 bits per heavy atom. The summed E-state index contributed by atoms with van der Waals surface area (Å²) in [4.78, 5) is -0.133. The third kappa shape index (κ3) is 3.33. The van der Waals surface area contributed by atoms with Crippen LogP contribution in [0.5, 0.6) is 0 Å². The van der Waals surface area contributed by atoms with E-state index in [-0.39, 0.29) is 41.9 Å². The third-order valence-corrected chi connectivity index (χ3v) is 4.65. The molecule has 8 heteroatoms. The summed E-state index contributed by atoms with van der Waals surface area (Å²) in [7, 11) is -3.88. The number of halogens is 1. The molecule has 0 saturated heterocycles. The van der Waals surface area contributed by atoms with Gasteiger partial charge in [0.25, 0.3) is 0 Å². The fourth-order valence-electron chi connectivity index (χ4n) is 1.43. The number of hydrogen-bond donors (Lipinski definition) is 3. The van der Waals surface area contributed by atoms with E-state index in [1.807, 2.05) is 0 Å². The molecule has 0 heterocycles. The molecule has 6 nitrogen and oxygen atoms in total. The van der Waals surface area contributed by atoms with Gasteiger partial charge in [-0.05, 0) is 18.2 Å². The zero-order valence-electron chi connectivity index (χ0n) is 9.58. The molecule has 102 valence electrons. The van der Waals surface area contributed by atoms with Crippen LogP contribution in [0.3, 0.4) is 0 Å². The van der Waals surface area contributed by atoms with E-state index < -0.39 is 10.0 Å². The summed E-state index contributed by atoms with van der Waals surface area (Å²) in [5, 5.41) is 17.8. The third-order valence-electron chi connectivity index (χ3n) is 2.27. The van der Waals surface area contributed by atoms with Crippen molar-refractivity contribution in [2.24, 2.45) is 0 Å². The molecule has 0 unspecified atom stereocenters. The summed E-state index contributed by atoms with van der Waals surface area (Å²) in [6.07, 6.45) is 0. The Labute approximate surface area is 111 Å². The van der Waals surface area contributed by atoms with Crippen molar-refractivity contribution in [1.82, 2.24) is 4.31 Å². The van der Waals surface area contributed by atoms with E-state index in [0.29, 0.717) is 0 Å². The van der Waals surface area contributed by atoms with Gasteiger partial charge in [0.1, 0.15) is 4.90 Å². The number of rotatable bonds is 6. The zero-order chi connectivity index (χ0) is 13.8. The van der Waals surface area contributed by atoms with Gasteiger partial charge < -0.3 is 15.9 Å². The lowest BCUT2D eigenvalue weighted by atomic mass is 10.3. The summed E-state index contributed by atoms with van der Waals surface area (Å²) in [6, 6.07) is 4.13. The molecule has 18 heavy (non-hydrogen) atoms. The summed E-state index contributed by atoms with van der Waals surface area (Å²) >= 11 is 5.84. The van der Waals surface area contributed by atoms with Crippen LogP contribution in [0.4, 0.5) is 5.69 Å². The second kappa shape index (κ2) is 6.35. The molecule has 0 fully saturated rings. The van der Waals surface area contributed by atoms with Crippen LogP contribution in [0.25, 0.3) is 0 Å². The first-order valence-electron chi connectivity index (χ1n) is 5.20. The van der Waals surface area contributed by atoms with Crippen molar-refractivity contribution in [2.75, 3.05) is 32.0 Å². The Bertz CT molecular complexity index is 501. The summed E-state index contributed by atoms with van der Waals surface area (Å²) in [6.45, 7) is -0.930. The van der Waals surface area contributed by atoms with Crippen LogP contribution in [-0.2, 0) is 10.0 Å². The number of anilines is 1. The maximum atomic E-state index is 12.2. The topological polar surface area (TPSA) is 104 Å². The lowest BCUT2D eigenvalue weighted by molar-refractivity contribution is 0.217. The van der Waals surface area contributed by atoms with Crippen molar-refractivity contribution in [3.05, 3.63) is 23.2 Å². The minimum absolute atomic E-state index is 0.0464. The van der Waals surface area contributed by atoms with E-state index in [4.69, 9.17) is 27.5 Å². The molecule has 0 radical (unpaired) electrons. The van der Waals surface area contributed by atoms with Gasteiger partial charge in [-0.15, -0.1) is 0 Å². The van der Waals surface area contributed by atoms with Gasteiger partial charge in [0.05, 0.1) is 18.2 Å². The molecule has 0 spiro atoms. The molecule has 1 aromatic carbocycles. The van der Waals surface area contributed by atoms with Gasteiger partial charge in [-0.25, -0.2) is 8.42 Å². The van der Waals surface area contributed by atoms with Crippen LogP contribution < -0.4 is 5.73 Å². The highest BCUT2D eigenvalue weighted by Gasteiger charge is 2.26. The minimum atomic E-state index is -3.88. The first kappa shape index (κ1) is 15.2. The SMILES string of the molecule is Nc1ccc(Cl)c(S(=O)(=O)N(CCO)CCO)c1. The number of nitrogen functional groups attached to an aromatic ring is 1. The smallest absolute Gasteiger partial charge is 0.244 e. The number of benzene rings is 1. The van der Waals surface area contributed by atoms with Crippen molar-refractivity contribution in [3.8, 4) is 0 Å². The average molecular weight is 295 g/mol. The molecule has 0 amide bonds. The predicted octanol–water partition coefficient (Wildman–Crippen LogP) is -0.102. The Morgan fingerprint density at radius 1 is 1.22 bits per heavy atom. The van der Waals surface area contributed by atoms with Crippen molar-refractivity contribution in [3.63, 3.8) is 0 Å². The van der Waals surface area contributed by atoms with Crippen LogP contribution in [0.15, 0.2) is 23.1 Å². The standard InChI is InChI=1S/C10H15ClN2O4S/c11-9-2-1-8(12)7-10(9)18(16,17)13(3-5-14)4-6-15/h1-2,7,14-15H,3-6,12H2. The number of aliphatic hydroxyl groups is 2. The maximum absolute atomic E-state index is 12.2. The van der Waals surface area contributed by atoms with E-state index in [1.165, 1.54) is 18.2 Å². The number of nitrogens with zero attached hydrogens (tertiary/aromatic N) is 1. The van der Waals surface area contributed by atoms with Gasteiger partial charge in [0, 0.05) is 18.8 Å². The molecule has 0 aliphatic carbocycles. The molecule has 1 rings (SSSR count). The molecule has 0 aliphatic rings. The van der Waals surface area contributed by atoms with Crippen molar-refractivity contribution in [1.29, 1.82) is 0 Å². The molecular weight excluding hydrogens is 280 g/mol. The van der Waals surface area contributed by atoms with Gasteiger partial charge in [-0.2, -0.15) is 4.31 Å². The number of hydrogen-bond acceptors (Lipinski definition) is 5. The quantitative estimate of drug-likeness (QED) is 0.636. The van der Waals surface area contributed by atoms with E-state index in [9.17, 15) is 8.42 Å². The second-order valence-electron chi connectivity index (χ2n) is 3.54. The van der Waals surface area contributed by atoms with E-state index in [2.05, 4.69) is 0 Å². The van der Waals surface area contributed by atoms with Gasteiger partial charge in [-0.1, -0.05) is 11.6 Å². The normalized spacial score (nSPS) is 12.0. The number of nitrogens with two attached hydrogens (primary N) is 1. The monoisotopic (exact) mass is 294 g/mol. The van der Waals surface area contributed by atoms with Gasteiger partial charge >= 0.3 is 0 Å². The Morgan fingerprint density at radius 3 is 2.28 bits per heavy atom. The molecular formula is C10H15ClN2O4S. The largest absolute Gasteiger partial charge is 0.399 e. The van der Waals surface area contributed by atoms with E-state index >= 15 is 0 Å². The Hall–Kier alpha value is -0.860. The fourth-order valence-corrected chi connectivity index (χ4v) is 3.36. The molecule has 0 bridgehead atoms.